The fourth-order valence-electron chi connectivity index (χ4n) is 2.54. The van der Waals surface area contributed by atoms with Crippen molar-refractivity contribution in [2.24, 2.45) is 0 Å². The number of hydrogen-bond donors (Lipinski definition) is 0. The predicted octanol–water partition coefficient (Wildman–Crippen LogP) is 2.94. The highest BCUT2D eigenvalue weighted by Crippen LogP contribution is 2.40. The second-order valence-corrected chi connectivity index (χ2v) is 8.38. The second-order valence-electron chi connectivity index (χ2n) is 5.59. The number of rotatable bonds is 3. The van der Waals surface area contributed by atoms with E-state index in [2.05, 4.69) is 20.7 Å². The lowest BCUT2D eigenvalue weighted by Crippen LogP contribution is -2.65. The molecule has 0 saturated carbocycles. The Bertz CT molecular complexity index is 698. The molecule has 1 aromatic carbocycles. The number of halogens is 4. The summed E-state index contributed by atoms with van der Waals surface area (Å²) in [6.07, 6.45) is -4.80. The molecule has 0 radical (unpaired) electrons. The summed E-state index contributed by atoms with van der Waals surface area (Å²) in [5.74, 6) is -0.652. The van der Waals surface area contributed by atoms with Crippen LogP contribution in [0.4, 0.5) is 18.9 Å². The molecule has 0 spiro atoms. The molecular weight excluding hydrogens is 413 g/mol. The van der Waals surface area contributed by atoms with Gasteiger partial charge in [-0.2, -0.15) is 0 Å². The molecule has 2 aliphatic rings. The van der Waals surface area contributed by atoms with E-state index in [9.17, 15) is 22.8 Å². The topological polar surface area (TPSA) is 49.9 Å². The highest BCUT2D eigenvalue weighted by Gasteiger charge is 2.53. The summed E-state index contributed by atoms with van der Waals surface area (Å²) in [5, 5.41) is -0.657. The molecular formula is C14H12BrF3N2O3S. The van der Waals surface area contributed by atoms with Crippen molar-refractivity contribution in [2.75, 3.05) is 17.3 Å². The molecule has 2 heterocycles. The van der Waals surface area contributed by atoms with E-state index in [1.807, 2.05) is 0 Å². The summed E-state index contributed by atoms with van der Waals surface area (Å²) in [4.78, 5) is 27.3. The van der Waals surface area contributed by atoms with Crippen molar-refractivity contribution in [3.8, 4) is 5.75 Å². The van der Waals surface area contributed by atoms with E-state index in [0.29, 0.717) is 12.2 Å². The first-order valence-corrected chi connectivity index (χ1v) is 8.71. The number of amides is 2. The minimum Gasteiger partial charge on any atom is -0.406 e. The van der Waals surface area contributed by atoms with E-state index >= 15 is 0 Å². The lowest BCUT2D eigenvalue weighted by molar-refractivity contribution is -0.274. The SMILES string of the molecule is CC1(Br)CN(C2SCN(c3cccc(OC(F)(F)F)c3)C2=O)C1=O. The Morgan fingerprint density at radius 3 is 2.67 bits per heavy atom. The van der Waals surface area contributed by atoms with Gasteiger partial charge in [0.1, 0.15) is 10.1 Å². The zero-order valence-electron chi connectivity index (χ0n) is 12.3. The fourth-order valence-corrected chi connectivity index (χ4v) is 4.23. The minimum atomic E-state index is -4.80. The number of hydrogen-bond acceptors (Lipinski definition) is 4. The highest BCUT2D eigenvalue weighted by atomic mass is 79.9. The van der Waals surface area contributed by atoms with Gasteiger partial charge in [0.25, 0.3) is 5.91 Å². The summed E-state index contributed by atoms with van der Waals surface area (Å²) in [5.41, 5.74) is 0.298. The van der Waals surface area contributed by atoms with Gasteiger partial charge in [0.15, 0.2) is 5.37 Å². The van der Waals surface area contributed by atoms with Gasteiger partial charge < -0.3 is 9.64 Å². The first-order valence-electron chi connectivity index (χ1n) is 6.87. The first-order chi connectivity index (χ1) is 11.1. The highest BCUT2D eigenvalue weighted by molar-refractivity contribution is 9.10. The monoisotopic (exact) mass is 424 g/mol. The standard InChI is InChI=1S/C14H12BrF3N2O3S/c1-13(15)6-19(12(13)22)11-10(21)20(7-24-11)8-3-2-4-9(5-8)23-14(16,17)18/h2-5,11H,6-7H2,1H3. The fraction of sp³-hybridized carbons (Fsp3) is 0.429. The molecule has 0 N–H and O–H groups in total. The number of β-lactam (4-membered cyclic amide) rings is 1. The normalized spacial score (nSPS) is 27.5. The number of thioether (sulfide) groups is 1. The molecule has 5 nitrogen and oxygen atoms in total. The number of anilines is 1. The van der Waals surface area contributed by atoms with E-state index in [0.717, 1.165) is 12.1 Å². The number of nitrogens with zero attached hydrogens (tertiary/aromatic N) is 2. The summed E-state index contributed by atoms with van der Waals surface area (Å²) in [7, 11) is 0. The van der Waals surface area contributed by atoms with Gasteiger partial charge in [-0.15, -0.1) is 24.9 Å². The van der Waals surface area contributed by atoms with Crippen LogP contribution < -0.4 is 9.64 Å². The van der Waals surface area contributed by atoms with Crippen LogP contribution in [0.5, 0.6) is 5.75 Å². The molecule has 0 aromatic heterocycles. The van der Waals surface area contributed by atoms with Crippen LogP contribution in [-0.4, -0.2) is 45.2 Å². The minimum absolute atomic E-state index is 0.177. The summed E-state index contributed by atoms with van der Waals surface area (Å²) in [6.45, 7) is 2.13. The number of carbonyl (C=O) groups is 2. The molecule has 2 aliphatic heterocycles. The maximum atomic E-state index is 12.5. The molecule has 0 aliphatic carbocycles. The van der Waals surface area contributed by atoms with Gasteiger partial charge in [-0.25, -0.2) is 0 Å². The first kappa shape index (κ1) is 17.4. The lowest BCUT2D eigenvalue weighted by atomic mass is 10.0. The molecule has 1 aromatic rings. The Morgan fingerprint density at radius 1 is 1.38 bits per heavy atom. The average molecular weight is 425 g/mol. The van der Waals surface area contributed by atoms with E-state index in [1.54, 1.807) is 6.92 Å². The average Bonchev–Trinajstić information content (AvgIpc) is 2.84. The van der Waals surface area contributed by atoms with E-state index < -0.39 is 21.8 Å². The van der Waals surface area contributed by atoms with Gasteiger partial charge in [-0.05, 0) is 19.1 Å². The largest absolute Gasteiger partial charge is 0.573 e. The Hall–Kier alpha value is -1.42. The summed E-state index contributed by atoms with van der Waals surface area (Å²) >= 11 is 4.54. The van der Waals surface area contributed by atoms with Crippen LogP contribution >= 0.6 is 27.7 Å². The zero-order valence-corrected chi connectivity index (χ0v) is 14.7. The van der Waals surface area contributed by atoms with Gasteiger partial charge in [-0.1, -0.05) is 22.0 Å². The number of likely N-dealkylation sites (tertiary alicyclic amines) is 1. The van der Waals surface area contributed by atoms with Crippen molar-refractivity contribution < 1.29 is 27.5 Å². The molecule has 2 atom stereocenters. The molecule has 3 rings (SSSR count). The molecule has 2 unspecified atom stereocenters. The third-order valence-electron chi connectivity index (χ3n) is 3.66. The third-order valence-corrected chi connectivity index (χ3v) is 5.43. The van der Waals surface area contributed by atoms with Gasteiger partial charge in [0.2, 0.25) is 5.91 Å². The Labute approximate surface area is 148 Å². The number of carbonyl (C=O) groups excluding carboxylic acids is 2. The van der Waals surface area contributed by atoms with Crippen molar-refractivity contribution >= 4 is 45.2 Å². The van der Waals surface area contributed by atoms with Crippen molar-refractivity contribution in [3.05, 3.63) is 24.3 Å². The van der Waals surface area contributed by atoms with Crippen LogP contribution in [0.25, 0.3) is 0 Å². The van der Waals surface area contributed by atoms with Crippen LogP contribution in [0.3, 0.4) is 0 Å². The van der Waals surface area contributed by atoms with Crippen molar-refractivity contribution in [1.82, 2.24) is 4.90 Å². The summed E-state index contributed by atoms with van der Waals surface area (Å²) < 4.78 is 40.1. The quantitative estimate of drug-likeness (QED) is 0.552. The second kappa shape index (κ2) is 5.83. The lowest BCUT2D eigenvalue weighted by Gasteiger charge is -2.45. The Morgan fingerprint density at radius 2 is 2.08 bits per heavy atom. The van der Waals surface area contributed by atoms with Crippen LogP contribution in [-0.2, 0) is 9.59 Å². The molecule has 24 heavy (non-hydrogen) atoms. The molecule has 2 saturated heterocycles. The maximum Gasteiger partial charge on any atom is 0.573 e. The van der Waals surface area contributed by atoms with E-state index in [-0.39, 0.29) is 17.7 Å². The smallest absolute Gasteiger partial charge is 0.406 e. The maximum absolute atomic E-state index is 12.5. The molecule has 10 heteroatoms. The van der Waals surface area contributed by atoms with Crippen LogP contribution in [0.2, 0.25) is 0 Å². The van der Waals surface area contributed by atoms with Crippen LogP contribution in [0.1, 0.15) is 6.92 Å². The Balaban J connectivity index is 1.74. The van der Waals surface area contributed by atoms with Crippen molar-refractivity contribution in [2.45, 2.75) is 23.0 Å². The number of ether oxygens (including phenoxy) is 1. The predicted molar refractivity (Wildman–Crippen MR) is 85.9 cm³/mol. The molecule has 2 amide bonds. The Kier molecular flexibility index (Phi) is 4.23. The third kappa shape index (κ3) is 3.21. The van der Waals surface area contributed by atoms with Crippen LogP contribution in [0, 0.1) is 0 Å². The van der Waals surface area contributed by atoms with Crippen molar-refractivity contribution in [3.63, 3.8) is 0 Å². The molecule has 2 fully saturated rings. The number of benzene rings is 1. The van der Waals surface area contributed by atoms with Gasteiger partial charge in [0.05, 0.1) is 5.88 Å². The van der Waals surface area contributed by atoms with E-state index in [4.69, 9.17) is 0 Å². The van der Waals surface area contributed by atoms with Gasteiger partial charge in [-0.3, -0.25) is 14.5 Å². The van der Waals surface area contributed by atoms with Crippen LogP contribution in [0.15, 0.2) is 24.3 Å². The van der Waals surface area contributed by atoms with Crippen molar-refractivity contribution in [1.29, 1.82) is 0 Å². The molecule has 0 bridgehead atoms. The summed E-state index contributed by atoms with van der Waals surface area (Å²) in [6, 6.07) is 5.22. The molecule has 130 valence electrons. The zero-order chi connectivity index (χ0) is 17.7. The number of alkyl halides is 4. The van der Waals surface area contributed by atoms with E-state index in [1.165, 1.54) is 33.7 Å². The van der Waals surface area contributed by atoms with Gasteiger partial charge in [0, 0.05) is 18.3 Å². The van der Waals surface area contributed by atoms with Gasteiger partial charge >= 0.3 is 6.36 Å².